The molecule has 0 saturated carbocycles. The Morgan fingerprint density at radius 1 is 1.33 bits per heavy atom. The molecular formula is C5H15ClN8O. The van der Waals surface area contributed by atoms with Crippen LogP contribution in [0.1, 0.15) is 6.92 Å². The lowest BCUT2D eigenvalue weighted by atomic mass is 10.5. The van der Waals surface area contributed by atoms with Crippen molar-refractivity contribution < 1.29 is 5.48 Å². The molecule has 0 aliphatic heterocycles. The molecule has 15 heavy (non-hydrogen) atoms. The molecule has 0 radical (unpaired) electrons. The van der Waals surface area contributed by atoms with Gasteiger partial charge >= 0.3 is 0 Å². The number of guanidine groups is 2. The highest BCUT2D eigenvalue weighted by Gasteiger charge is 1.85. The molecule has 0 aliphatic carbocycles. The largest absolute Gasteiger partial charge is 0.412 e. The van der Waals surface area contributed by atoms with Crippen molar-refractivity contribution in [2.24, 2.45) is 32.5 Å². The molecule has 0 spiro atoms. The predicted octanol–water partition coefficient (Wildman–Crippen LogP) is -2.30. The number of hydrazone groups is 1. The zero-order valence-electron chi connectivity index (χ0n) is 8.06. The topological polar surface area (TPSA) is 183 Å². The van der Waals surface area contributed by atoms with Crippen molar-refractivity contribution in [2.45, 2.75) is 6.92 Å². The van der Waals surface area contributed by atoms with Gasteiger partial charge in [0.2, 0.25) is 11.9 Å². The monoisotopic (exact) mass is 238 g/mol. The van der Waals surface area contributed by atoms with Crippen LogP contribution in [0.25, 0.3) is 0 Å². The van der Waals surface area contributed by atoms with Crippen molar-refractivity contribution in [1.29, 1.82) is 5.41 Å². The second-order valence-corrected chi connectivity index (χ2v) is 2.05. The van der Waals surface area contributed by atoms with Crippen molar-refractivity contribution in [2.75, 3.05) is 0 Å². The molecule has 0 saturated heterocycles. The molecule has 9 nitrogen and oxygen atoms in total. The number of halogens is 1. The summed E-state index contributed by atoms with van der Waals surface area (Å²) in [5.41, 5.74) is 17.7. The number of nitrogens with one attached hydrogen (secondary N) is 2. The molecule has 0 heterocycles. The lowest BCUT2D eigenvalue weighted by Gasteiger charge is -1.94. The zero-order valence-corrected chi connectivity index (χ0v) is 8.88. The van der Waals surface area contributed by atoms with Gasteiger partial charge in [0.1, 0.15) is 0 Å². The Bertz CT molecular complexity index is 268. The van der Waals surface area contributed by atoms with Gasteiger partial charge in [-0.3, -0.25) is 5.41 Å². The summed E-state index contributed by atoms with van der Waals surface area (Å²) >= 11 is 0. The minimum absolute atomic E-state index is 0. The summed E-state index contributed by atoms with van der Waals surface area (Å²) < 4.78 is 0. The van der Waals surface area contributed by atoms with E-state index in [0.29, 0.717) is 5.71 Å². The molecule has 0 unspecified atom stereocenters. The van der Waals surface area contributed by atoms with Crippen LogP contribution in [-0.2, 0) is 0 Å². The minimum Gasteiger partial charge on any atom is -0.412 e. The molecule has 0 aromatic carbocycles. The van der Waals surface area contributed by atoms with Gasteiger partial charge in [-0.05, 0) is 6.92 Å². The second kappa shape index (κ2) is 10.2. The fourth-order valence-corrected chi connectivity index (χ4v) is 0.356. The lowest BCUT2D eigenvalue weighted by molar-refractivity contribution is 0.824. The van der Waals surface area contributed by atoms with Crippen molar-refractivity contribution in [3.63, 3.8) is 0 Å². The van der Waals surface area contributed by atoms with E-state index < -0.39 is 0 Å². The number of hydrogen-bond donors (Lipinski definition) is 5. The van der Waals surface area contributed by atoms with E-state index >= 15 is 0 Å². The zero-order chi connectivity index (χ0) is 10.3. The number of rotatable bonds is 3. The maximum Gasteiger partial charge on any atom is 0.211 e. The first kappa shape index (κ1) is 18.8. The summed E-state index contributed by atoms with van der Waals surface area (Å²) in [6.45, 7) is 1.64. The molecule has 0 amide bonds. The summed E-state index contributed by atoms with van der Waals surface area (Å²) in [6.07, 6.45) is 1.32. The van der Waals surface area contributed by atoms with E-state index in [1.807, 2.05) is 0 Å². The Labute approximate surface area is 92.7 Å². The fourth-order valence-electron chi connectivity index (χ4n) is 0.356. The second-order valence-electron chi connectivity index (χ2n) is 2.05. The fraction of sp³-hybridized carbons (Fsp3) is 0.200. The molecular weight excluding hydrogens is 224 g/mol. The van der Waals surface area contributed by atoms with E-state index in [0.717, 1.165) is 0 Å². The highest BCUT2D eigenvalue weighted by molar-refractivity contribution is 6.29. The standard InChI is InChI=1S/C5H12N8.ClH.H2O/c1-3(11-13-5(8)9)2-10-12-4(6)7;;/h2H,1H3,(H4,6,7,12)(H4,8,9,13);1H;1H2/b10-2+,11-3+;;. The van der Waals surface area contributed by atoms with Crippen LogP contribution in [0.3, 0.4) is 0 Å². The first-order valence-electron chi connectivity index (χ1n) is 3.28. The molecule has 0 atom stereocenters. The minimum atomic E-state index is -0.255. The van der Waals surface area contributed by atoms with Gasteiger partial charge in [-0.2, -0.15) is 10.2 Å². The average Bonchev–Trinajstić information content (AvgIpc) is 2.00. The van der Waals surface area contributed by atoms with E-state index in [9.17, 15) is 0 Å². The van der Waals surface area contributed by atoms with Crippen molar-refractivity contribution >= 4 is 36.3 Å². The van der Waals surface area contributed by atoms with E-state index in [2.05, 4.69) is 20.7 Å². The molecule has 0 aromatic heterocycles. The van der Waals surface area contributed by atoms with Crippen LogP contribution in [0.4, 0.5) is 0 Å². The Hall–Kier alpha value is -1.87. The van der Waals surface area contributed by atoms with Gasteiger partial charge in [-0.1, -0.05) is 0 Å². The SMILES string of the molecule is CC(/C=N/N=C(N)N)=N\NC(=N)N.Cl.O. The van der Waals surface area contributed by atoms with Crippen molar-refractivity contribution in [3.8, 4) is 0 Å². The summed E-state index contributed by atoms with van der Waals surface area (Å²) in [6, 6.07) is 0. The van der Waals surface area contributed by atoms with E-state index in [1.165, 1.54) is 6.21 Å². The summed E-state index contributed by atoms with van der Waals surface area (Å²) in [7, 11) is 0. The summed E-state index contributed by atoms with van der Waals surface area (Å²) in [4.78, 5) is 0. The molecule has 10 heteroatoms. The van der Waals surface area contributed by atoms with Crippen LogP contribution in [0.2, 0.25) is 0 Å². The quantitative estimate of drug-likeness (QED) is 0.211. The molecule has 0 bridgehead atoms. The van der Waals surface area contributed by atoms with Crippen molar-refractivity contribution in [1.82, 2.24) is 5.43 Å². The normalized spacial score (nSPS) is 9.80. The number of nitrogens with zero attached hydrogens (tertiary/aromatic N) is 3. The van der Waals surface area contributed by atoms with Crippen LogP contribution in [0.5, 0.6) is 0 Å². The first-order chi connectivity index (χ1) is 6.02. The highest BCUT2D eigenvalue weighted by atomic mass is 35.5. The lowest BCUT2D eigenvalue weighted by Crippen LogP contribution is -2.26. The van der Waals surface area contributed by atoms with Gasteiger partial charge in [-0.15, -0.1) is 17.5 Å². The Morgan fingerprint density at radius 2 is 1.87 bits per heavy atom. The Balaban J connectivity index is -0.000000720. The molecule has 10 N–H and O–H groups in total. The van der Waals surface area contributed by atoms with Crippen LogP contribution in [0.15, 0.2) is 15.3 Å². The van der Waals surface area contributed by atoms with E-state index in [-0.39, 0.29) is 29.8 Å². The van der Waals surface area contributed by atoms with E-state index in [4.69, 9.17) is 22.6 Å². The van der Waals surface area contributed by atoms with Crippen LogP contribution in [-0.4, -0.2) is 29.3 Å². The smallest absolute Gasteiger partial charge is 0.211 e. The van der Waals surface area contributed by atoms with Gasteiger partial charge in [0, 0.05) is 0 Å². The molecule has 0 aromatic rings. The Kier molecular flexibility index (Phi) is 12.8. The third-order valence-electron chi connectivity index (χ3n) is 0.770. The maximum atomic E-state index is 6.78. The Morgan fingerprint density at radius 3 is 2.27 bits per heavy atom. The molecule has 0 rings (SSSR count). The van der Waals surface area contributed by atoms with Crippen LogP contribution < -0.4 is 22.6 Å². The van der Waals surface area contributed by atoms with Gasteiger partial charge in [-0.25, -0.2) is 5.43 Å². The van der Waals surface area contributed by atoms with Gasteiger partial charge in [0.05, 0.1) is 11.9 Å². The summed E-state index contributed by atoms with van der Waals surface area (Å²) in [5, 5.41) is 17.2. The first-order valence-corrected chi connectivity index (χ1v) is 3.28. The van der Waals surface area contributed by atoms with E-state index in [1.54, 1.807) is 6.92 Å². The predicted molar refractivity (Wildman–Crippen MR) is 63.3 cm³/mol. The highest BCUT2D eigenvalue weighted by Crippen LogP contribution is 1.72. The van der Waals surface area contributed by atoms with Gasteiger partial charge in [0.15, 0.2) is 0 Å². The molecule has 88 valence electrons. The number of hydrogen-bond acceptors (Lipinski definition) is 4. The van der Waals surface area contributed by atoms with Crippen LogP contribution >= 0.6 is 12.4 Å². The van der Waals surface area contributed by atoms with Gasteiger partial charge in [0.25, 0.3) is 0 Å². The molecule has 0 fully saturated rings. The molecule has 0 aliphatic rings. The third kappa shape index (κ3) is 14.9. The van der Waals surface area contributed by atoms with Crippen LogP contribution in [0, 0.1) is 5.41 Å². The average molecular weight is 239 g/mol. The third-order valence-corrected chi connectivity index (χ3v) is 0.770. The summed E-state index contributed by atoms with van der Waals surface area (Å²) in [5.74, 6) is -0.391. The maximum absolute atomic E-state index is 6.78. The number of nitrogens with two attached hydrogens (primary N) is 3. The van der Waals surface area contributed by atoms with Crippen molar-refractivity contribution in [3.05, 3.63) is 0 Å². The van der Waals surface area contributed by atoms with Gasteiger partial charge < -0.3 is 22.7 Å².